The number of rotatable bonds is 5. The summed E-state index contributed by atoms with van der Waals surface area (Å²) in [6, 6.07) is 2.07. The molecule has 0 amide bonds. The number of nitrogens with one attached hydrogen (secondary N) is 1. The molecule has 18 heavy (non-hydrogen) atoms. The topological polar surface area (TPSA) is 47.0 Å². The molecule has 1 aromatic heterocycles. The number of aromatic nitrogens is 2. The SMILES string of the molecule is CCNc1cc(CC(C)C)nc(C2CCOC2)n1. The molecule has 1 unspecified atom stereocenters. The van der Waals surface area contributed by atoms with Crippen LogP contribution >= 0.6 is 0 Å². The monoisotopic (exact) mass is 249 g/mol. The first kappa shape index (κ1) is 13.3. The average Bonchev–Trinajstić information content (AvgIpc) is 2.81. The van der Waals surface area contributed by atoms with Crippen LogP contribution in [0.1, 0.15) is 44.6 Å². The maximum absolute atomic E-state index is 5.43. The van der Waals surface area contributed by atoms with Crippen LogP contribution in [0.25, 0.3) is 0 Å². The molecule has 0 aromatic carbocycles. The highest BCUT2D eigenvalue weighted by Crippen LogP contribution is 2.24. The Labute approximate surface area is 109 Å². The van der Waals surface area contributed by atoms with Gasteiger partial charge in [0.1, 0.15) is 11.6 Å². The zero-order valence-corrected chi connectivity index (χ0v) is 11.6. The van der Waals surface area contributed by atoms with E-state index >= 15 is 0 Å². The zero-order chi connectivity index (χ0) is 13.0. The Hall–Kier alpha value is -1.16. The van der Waals surface area contributed by atoms with Gasteiger partial charge in [0, 0.05) is 30.8 Å². The second kappa shape index (κ2) is 6.14. The van der Waals surface area contributed by atoms with Crippen molar-refractivity contribution >= 4 is 5.82 Å². The molecule has 0 radical (unpaired) electrons. The molecule has 0 spiro atoms. The molecule has 1 N–H and O–H groups in total. The van der Waals surface area contributed by atoms with Crippen LogP contribution in [0.4, 0.5) is 5.82 Å². The first-order chi connectivity index (χ1) is 8.69. The molecule has 0 saturated carbocycles. The van der Waals surface area contributed by atoms with Crippen LogP contribution in [-0.2, 0) is 11.2 Å². The maximum atomic E-state index is 5.43. The van der Waals surface area contributed by atoms with Crippen molar-refractivity contribution in [1.29, 1.82) is 0 Å². The molecule has 2 rings (SSSR count). The van der Waals surface area contributed by atoms with E-state index < -0.39 is 0 Å². The van der Waals surface area contributed by atoms with Crippen molar-refractivity contribution in [1.82, 2.24) is 9.97 Å². The molecule has 4 nitrogen and oxygen atoms in total. The molecule has 1 atom stereocenters. The third-order valence-electron chi connectivity index (χ3n) is 3.07. The van der Waals surface area contributed by atoms with E-state index in [0.717, 1.165) is 49.9 Å². The summed E-state index contributed by atoms with van der Waals surface area (Å²) in [5, 5.41) is 3.29. The van der Waals surface area contributed by atoms with Crippen LogP contribution in [0.3, 0.4) is 0 Å². The molecular formula is C14H23N3O. The molecule has 0 aliphatic carbocycles. The quantitative estimate of drug-likeness (QED) is 0.871. The van der Waals surface area contributed by atoms with E-state index in [1.165, 1.54) is 0 Å². The van der Waals surface area contributed by atoms with Crippen LogP contribution in [-0.4, -0.2) is 29.7 Å². The van der Waals surface area contributed by atoms with Gasteiger partial charge in [-0.1, -0.05) is 13.8 Å². The van der Waals surface area contributed by atoms with Gasteiger partial charge < -0.3 is 10.1 Å². The summed E-state index contributed by atoms with van der Waals surface area (Å²) in [4.78, 5) is 9.32. The summed E-state index contributed by atoms with van der Waals surface area (Å²) < 4.78 is 5.43. The van der Waals surface area contributed by atoms with Gasteiger partial charge in [0.25, 0.3) is 0 Å². The average molecular weight is 249 g/mol. The van der Waals surface area contributed by atoms with E-state index in [4.69, 9.17) is 9.72 Å². The highest BCUT2D eigenvalue weighted by molar-refractivity contribution is 5.36. The number of nitrogens with zero attached hydrogens (tertiary/aromatic N) is 2. The van der Waals surface area contributed by atoms with Gasteiger partial charge in [-0.3, -0.25) is 0 Å². The molecule has 100 valence electrons. The van der Waals surface area contributed by atoms with Crippen molar-refractivity contribution in [2.24, 2.45) is 5.92 Å². The normalized spacial score (nSPS) is 19.4. The second-order valence-corrected chi connectivity index (χ2v) is 5.29. The smallest absolute Gasteiger partial charge is 0.136 e. The van der Waals surface area contributed by atoms with Gasteiger partial charge in [0.2, 0.25) is 0 Å². The summed E-state index contributed by atoms with van der Waals surface area (Å²) in [7, 11) is 0. The zero-order valence-electron chi connectivity index (χ0n) is 11.6. The minimum atomic E-state index is 0.370. The largest absolute Gasteiger partial charge is 0.381 e. The van der Waals surface area contributed by atoms with E-state index in [0.29, 0.717) is 11.8 Å². The van der Waals surface area contributed by atoms with Gasteiger partial charge in [-0.15, -0.1) is 0 Å². The Balaban J connectivity index is 2.23. The fraction of sp³-hybridized carbons (Fsp3) is 0.714. The molecule has 1 aromatic rings. The van der Waals surface area contributed by atoms with Gasteiger partial charge in [-0.05, 0) is 25.7 Å². The van der Waals surface area contributed by atoms with Crippen molar-refractivity contribution in [3.63, 3.8) is 0 Å². The Kier molecular flexibility index (Phi) is 4.53. The minimum Gasteiger partial charge on any atom is -0.381 e. The summed E-state index contributed by atoms with van der Waals surface area (Å²) in [6.45, 7) is 9.00. The molecule has 2 heterocycles. The predicted molar refractivity (Wildman–Crippen MR) is 72.9 cm³/mol. The fourth-order valence-corrected chi connectivity index (χ4v) is 2.23. The van der Waals surface area contributed by atoms with Crippen LogP contribution < -0.4 is 5.32 Å². The van der Waals surface area contributed by atoms with Crippen LogP contribution in [0.15, 0.2) is 6.07 Å². The van der Waals surface area contributed by atoms with Gasteiger partial charge in [-0.25, -0.2) is 9.97 Å². The Morgan fingerprint density at radius 1 is 1.44 bits per heavy atom. The molecule has 0 bridgehead atoms. The number of ether oxygens (including phenoxy) is 1. The summed E-state index contributed by atoms with van der Waals surface area (Å²) in [5.74, 6) is 2.88. The standard InChI is InChI=1S/C14H23N3O/c1-4-15-13-8-12(7-10(2)3)16-14(17-13)11-5-6-18-9-11/h8,10-11H,4-7,9H2,1-3H3,(H,15,16,17). The number of hydrogen-bond acceptors (Lipinski definition) is 4. The number of hydrogen-bond donors (Lipinski definition) is 1. The lowest BCUT2D eigenvalue weighted by Gasteiger charge is -2.13. The fourth-order valence-electron chi connectivity index (χ4n) is 2.23. The highest BCUT2D eigenvalue weighted by Gasteiger charge is 2.21. The van der Waals surface area contributed by atoms with Crippen molar-refractivity contribution in [3.05, 3.63) is 17.6 Å². The van der Waals surface area contributed by atoms with Crippen LogP contribution in [0.5, 0.6) is 0 Å². The summed E-state index contributed by atoms with van der Waals surface area (Å²) >= 11 is 0. The van der Waals surface area contributed by atoms with Gasteiger partial charge in [-0.2, -0.15) is 0 Å². The van der Waals surface area contributed by atoms with E-state index in [1.54, 1.807) is 0 Å². The lowest BCUT2D eigenvalue weighted by Crippen LogP contribution is -2.11. The lowest BCUT2D eigenvalue weighted by atomic mass is 10.1. The molecular weight excluding hydrogens is 226 g/mol. The van der Waals surface area contributed by atoms with Crippen molar-refractivity contribution in [2.75, 3.05) is 25.1 Å². The van der Waals surface area contributed by atoms with Crippen LogP contribution in [0, 0.1) is 5.92 Å². The predicted octanol–water partition coefficient (Wildman–Crippen LogP) is 2.61. The van der Waals surface area contributed by atoms with E-state index in [2.05, 4.69) is 37.1 Å². The minimum absolute atomic E-state index is 0.370. The first-order valence-electron chi connectivity index (χ1n) is 6.88. The maximum Gasteiger partial charge on any atom is 0.136 e. The third-order valence-corrected chi connectivity index (χ3v) is 3.07. The van der Waals surface area contributed by atoms with E-state index in [1.807, 2.05) is 0 Å². The molecule has 4 heteroatoms. The van der Waals surface area contributed by atoms with E-state index in [-0.39, 0.29) is 0 Å². The summed E-state index contributed by atoms with van der Waals surface area (Å²) in [6.07, 6.45) is 2.04. The second-order valence-electron chi connectivity index (χ2n) is 5.29. The Morgan fingerprint density at radius 2 is 2.28 bits per heavy atom. The van der Waals surface area contributed by atoms with Gasteiger partial charge >= 0.3 is 0 Å². The third kappa shape index (κ3) is 3.42. The number of anilines is 1. The van der Waals surface area contributed by atoms with Gasteiger partial charge in [0.15, 0.2) is 0 Å². The molecule has 1 aliphatic rings. The van der Waals surface area contributed by atoms with Crippen molar-refractivity contribution in [3.8, 4) is 0 Å². The molecule has 1 aliphatic heterocycles. The van der Waals surface area contributed by atoms with Crippen LogP contribution in [0.2, 0.25) is 0 Å². The Morgan fingerprint density at radius 3 is 2.89 bits per heavy atom. The van der Waals surface area contributed by atoms with Crippen molar-refractivity contribution in [2.45, 2.75) is 39.5 Å². The summed E-state index contributed by atoms with van der Waals surface area (Å²) in [5.41, 5.74) is 1.14. The highest BCUT2D eigenvalue weighted by atomic mass is 16.5. The Bertz CT molecular complexity index is 387. The lowest BCUT2D eigenvalue weighted by molar-refractivity contribution is 0.193. The van der Waals surface area contributed by atoms with Gasteiger partial charge in [0.05, 0.1) is 6.61 Å². The van der Waals surface area contributed by atoms with E-state index in [9.17, 15) is 0 Å². The molecule has 1 saturated heterocycles. The molecule has 1 fully saturated rings. The first-order valence-corrected chi connectivity index (χ1v) is 6.88. The van der Waals surface area contributed by atoms with Crippen molar-refractivity contribution < 1.29 is 4.74 Å².